The van der Waals surface area contributed by atoms with Crippen molar-refractivity contribution >= 4 is 27.7 Å². The second-order valence-corrected chi connectivity index (χ2v) is 7.06. The fourth-order valence-electron chi connectivity index (χ4n) is 2.22. The van der Waals surface area contributed by atoms with E-state index in [0.717, 1.165) is 0 Å². The van der Waals surface area contributed by atoms with E-state index in [-0.39, 0.29) is 16.6 Å². The second kappa shape index (κ2) is 8.04. The minimum absolute atomic E-state index is 0.153. The molecule has 0 aromatic heterocycles. The van der Waals surface area contributed by atoms with E-state index >= 15 is 0 Å². The molecule has 1 amide bonds. The zero-order valence-corrected chi connectivity index (χ0v) is 14.8. The van der Waals surface area contributed by atoms with Crippen LogP contribution < -0.4 is 9.62 Å². The van der Waals surface area contributed by atoms with Gasteiger partial charge in [0.15, 0.2) is 0 Å². The lowest BCUT2D eigenvalue weighted by Crippen LogP contribution is -2.28. The molecule has 0 aliphatic carbocycles. The Hall–Kier alpha value is -2.51. The van der Waals surface area contributed by atoms with Gasteiger partial charge in [-0.25, -0.2) is 17.5 Å². The normalized spacial score (nSPS) is 11.6. The van der Waals surface area contributed by atoms with Crippen molar-refractivity contribution in [3.05, 3.63) is 66.0 Å². The van der Waals surface area contributed by atoms with Crippen LogP contribution in [0.4, 0.5) is 10.1 Å². The highest BCUT2D eigenvalue weighted by Gasteiger charge is 2.12. The van der Waals surface area contributed by atoms with Crippen LogP contribution in [0.15, 0.2) is 59.5 Å². The van der Waals surface area contributed by atoms with E-state index in [1.165, 1.54) is 42.3 Å². The van der Waals surface area contributed by atoms with Crippen LogP contribution in [0.1, 0.15) is 12.5 Å². The van der Waals surface area contributed by atoms with Gasteiger partial charge in [0, 0.05) is 18.3 Å². The van der Waals surface area contributed by atoms with Gasteiger partial charge >= 0.3 is 0 Å². The number of carbonyl (C=O) groups excluding carboxylic acids is 1. The minimum Gasteiger partial charge on any atom is -0.309 e. The summed E-state index contributed by atoms with van der Waals surface area (Å²) in [6, 6.07) is 11.8. The molecule has 132 valence electrons. The number of anilines is 1. The van der Waals surface area contributed by atoms with E-state index in [2.05, 4.69) is 4.72 Å². The number of nitrogens with zero attached hydrogens (tertiary/aromatic N) is 1. The molecule has 0 heterocycles. The second-order valence-electron chi connectivity index (χ2n) is 5.17. The molecule has 0 radical (unpaired) electrons. The minimum atomic E-state index is -3.48. The van der Waals surface area contributed by atoms with Crippen LogP contribution in [0.2, 0.25) is 0 Å². The van der Waals surface area contributed by atoms with Crippen molar-refractivity contribution in [1.29, 1.82) is 0 Å². The predicted molar refractivity (Wildman–Crippen MR) is 96.1 cm³/mol. The van der Waals surface area contributed by atoms with Crippen LogP contribution >= 0.6 is 0 Å². The van der Waals surface area contributed by atoms with Gasteiger partial charge in [-0.3, -0.25) is 4.79 Å². The molecule has 2 aromatic rings. The lowest BCUT2D eigenvalue weighted by atomic mass is 10.2. The number of benzene rings is 2. The summed E-state index contributed by atoms with van der Waals surface area (Å²) in [6.07, 6.45) is 3.00. The number of rotatable bonds is 6. The largest absolute Gasteiger partial charge is 0.309 e. The summed E-state index contributed by atoms with van der Waals surface area (Å²) in [4.78, 5) is 14.0. The summed E-state index contributed by atoms with van der Waals surface area (Å²) >= 11 is 0. The smallest absolute Gasteiger partial charge is 0.250 e. The molecule has 0 unspecified atom stereocenters. The third-order valence-corrected chi connectivity index (χ3v) is 5.03. The van der Waals surface area contributed by atoms with Crippen LogP contribution in [-0.2, 0) is 14.8 Å². The number of sulfonamides is 1. The van der Waals surface area contributed by atoms with Crippen molar-refractivity contribution in [3.8, 4) is 0 Å². The first-order chi connectivity index (χ1) is 11.9. The number of likely N-dealkylation sites (N-methyl/N-ethyl adjacent to an activating group) is 1. The molecule has 7 heteroatoms. The number of amides is 1. The Kier molecular flexibility index (Phi) is 6.06. The van der Waals surface area contributed by atoms with Gasteiger partial charge in [0.1, 0.15) is 5.82 Å². The number of halogens is 1. The van der Waals surface area contributed by atoms with Crippen LogP contribution in [0, 0.1) is 5.82 Å². The van der Waals surface area contributed by atoms with E-state index in [9.17, 15) is 17.6 Å². The Bertz CT molecular complexity index is 860. The molecule has 0 spiro atoms. The highest BCUT2D eigenvalue weighted by Crippen LogP contribution is 2.16. The van der Waals surface area contributed by atoms with Crippen molar-refractivity contribution in [2.75, 3.05) is 18.5 Å². The number of hydrogen-bond acceptors (Lipinski definition) is 3. The highest BCUT2D eigenvalue weighted by atomic mass is 32.2. The molecule has 1 N–H and O–H groups in total. The van der Waals surface area contributed by atoms with Crippen LogP contribution in [0.5, 0.6) is 0 Å². The average Bonchev–Trinajstić information content (AvgIpc) is 2.62. The van der Waals surface area contributed by atoms with E-state index in [0.29, 0.717) is 17.8 Å². The molecule has 0 bridgehead atoms. The zero-order chi connectivity index (χ0) is 18.4. The molecule has 0 atom stereocenters. The van der Waals surface area contributed by atoms with Crippen molar-refractivity contribution < 1.29 is 17.6 Å². The summed E-state index contributed by atoms with van der Waals surface area (Å²) in [6.45, 7) is 2.26. The molecular formula is C18H19FN2O3S. The average molecular weight is 362 g/mol. The SMILES string of the molecule is CCN(C(=O)/C=C/c1ccc(S(=O)(=O)NC)cc1)c1ccc(F)cc1. The molecule has 2 aromatic carbocycles. The van der Waals surface area contributed by atoms with Gasteiger partial charge in [-0.2, -0.15) is 0 Å². The number of hydrogen-bond donors (Lipinski definition) is 1. The predicted octanol–water partition coefficient (Wildman–Crippen LogP) is 2.80. The van der Waals surface area contributed by atoms with Crippen LogP contribution in [0.25, 0.3) is 6.08 Å². The summed E-state index contributed by atoms with van der Waals surface area (Å²) < 4.78 is 38.6. The summed E-state index contributed by atoms with van der Waals surface area (Å²) in [5, 5.41) is 0. The van der Waals surface area contributed by atoms with Crippen molar-refractivity contribution in [2.24, 2.45) is 0 Å². The Morgan fingerprint density at radius 1 is 1.12 bits per heavy atom. The maximum Gasteiger partial charge on any atom is 0.250 e. The molecule has 0 saturated carbocycles. The van der Waals surface area contributed by atoms with E-state index in [4.69, 9.17) is 0 Å². The summed E-state index contributed by atoms with van der Waals surface area (Å²) in [5.74, 6) is -0.611. The summed E-state index contributed by atoms with van der Waals surface area (Å²) in [5.41, 5.74) is 1.30. The molecule has 0 saturated heterocycles. The molecule has 25 heavy (non-hydrogen) atoms. The van der Waals surface area contributed by atoms with Crippen molar-refractivity contribution in [1.82, 2.24) is 4.72 Å². The Morgan fingerprint density at radius 2 is 1.72 bits per heavy atom. The first-order valence-electron chi connectivity index (χ1n) is 7.66. The maximum atomic E-state index is 13.0. The number of carbonyl (C=O) groups is 1. The third-order valence-electron chi connectivity index (χ3n) is 3.60. The van der Waals surface area contributed by atoms with Gasteiger partial charge in [0.25, 0.3) is 5.91 Å². The standard InChI is InChI=1S/C18H19FN2O3S/c1-3-21(16-9-7-15(19)8-10-16)18(22)13-6-14-4-11-17(12-5-14)25(23,24)20-2/h4-13,20H,3H2,1-2H3/b13-6+. The van der Waals surface area contributed by atoms with Gasteiger partial charge in [-0.05, 0) is 62.0 Å². The van der Waals surface area contributed by atoms with Gasteiger partial charge in [-0.1, -0.05) is 12.1 Å². The van der Waals surface area contributed by atoms with Crippen LogP contribution in [0.3, 0.4) is 0 Å². The molecular weight excluding hydrogens is 343 g/mol. The molecule has 5 nitrogen and oxygen atoms in total. The third kappa shape index (κ3) is 4.74. The molecule has 2 rings (SSSR count). The van der Waals surface area contributed by atoms with E-state index < -0.39 is 10.0 Å². The zero-order valence-electron chi connectivity index (χ0n) is 13.9. The summed E-state index contributed by atoms with van der Waals surface area (Å²) in [7, 11) is -2.14. The molecule has 0 aliphatic rings. The quantitative estimate of drug-likeness (QED) is 0.804. The van der Waals surface area contributed by atoms with Gasteiger partial charge in [0.05, 0.1) is 4.90 Å². The fourth-order valence-corrected chi connectivity index (χ4v) is 2.95. The van der Waals surface area contributed by atoms with Gasteiger partial charge < -0.3 is 4.90 Å². The molecule has 0 aliphatic heterocycles. The Labute approximate surface area is 146 Å². The van der Waals surface area contributed by atoms with Crippen molar-refractivity contribution in [2.45, 2.75) is 11.8 Å². The van der Waals surface area contributed by atoms with Gasteiger partial charge in [0.2, 0.25) is 10.0 Å². The molecule has 0 fully saturated rings. The van der Waals surface area contributed by atoms with E-state index in [1.807, 2.05) is 6.92 Å². The highest BCUT2D eigenvalue weighted by molar-refractivity contribution is 7.89. The van der Waals surface area contributed by atoms with Crippen molar-refractivity contribution in [3.63, 3.8) is 0 Å². The maximum absolute atomic E-state index is 13.0. The number of nitrogens with one attached hydrogen (secondary N) is 1. The van der Waals surface area contributed by atoms with Crippen LogP contribution in [-0.4, -0.2) is 27.9 Å². The Balaban J connectivity index is 2.14. The van der Waals surface area contributed by atoms with E-state index in [1.54, 1.807) is 30.3 Å². The lowest BCUT2D eigenvalue weighted by molar-refractivity contribution is -0.114. The monoisotopic (exact) mass is 362 g/mol. The first kappa shape index (κ1) is 18.8. The first-order valence-corrected chi connectivity index (χ1v) is 9.14. The lowest BCUT2D eigenvalue weighted by Gasteiger charge is -2.19. The van der Waals surface area contributed by atoms with Gasteiger partial charge in [-0.15, -0.1) is 0 Å². The fraction of sp³-hybridized carbons (Fsp3) is 0.167. The Morgan fingerprint density at radius 3 is 2.24 bits per heavy atom. The topological polar surface area (TPSA) is 66.5 Å².